The van der Waals surface area contributed by atoms with Crippen LogP contribution in [0.2, 0.25) is 0 Å². The molecule has 1 aromatic heterocycles. The van der Waals surface area contributed by atoms with Gasteiger partial charge in [-0.2, -0.15) is 4.73 Å². The second-order valence-corrected chi connectivity index (χ2v) is 3.46. The van der Waals surface area contributed by atoms with Crippen molar-refractivity contribution in [3.05, 3.63) is 40.5 Å². The molecule has 0 aliphatic carbocycles. The van der Waals surface area contributed by atoms with E-state index in [4.69, 9.17) is 5.41 Å². The topological polar surface area (TPSA) is 49.0 Å². The Morgan fingerprint density at radius 1 is 1.21 bits per heavy atom. The van der Waals surface area contributed by atoms with Crippen LogP contribution in [-0.4, -0.2) is 9.94 Å². The molecular formula is C9H9ClN2OS. The third-order valence-electron chi connectivity index (χ3n) is 1.77. The first kappa shape index (κ1) is 10.8. The van der Waals surface area contributed by atoms with E-state index in [0.29, 0.717) is 5.69 Å². The van der Waals surface area contributed by atoms with Gasteiger partial charge in [-0.3, -0.25) is 5.41 Å². The van der Waals surface area contributed by atoms with E-state index in [1.54, 1.807) is 5.38 Å². The van der Waals surface area contributed by atoms with Crippen LogP contribution in [0.5, 0.6) is 0 Å². The molecule has 0 aliphatic rings. The fourth-order valence-corrected chi connectivity index (χ4v) is 1.78. The summed E-state index contributed by atoms with van der Waals surface area (Å²) < 4.78 is 0.889. The Kier molecular flexibility index (Phi) is 3.33. The van der Waals surface area contributed by atoms with Crippen molar-refractivity contribution in [1.29, 1.82) is 5.41 Å². The van der Waals surface area contributed by atoms with E-state index in [2.05, 4.69) is 0 Å². The molecule has 2 rings (SSSR count). The molecule has 0 radical (unpaired) electrons. The molecule has 0 bridgehead atoms. The standard InChI is InChI=1S/C9H8N2OS.ClH/c10-9-11(12)8(6-13-9)7-4-2-1-3-5-7;/h1-6,10,12H;1H. The number of benzene rings is 1. The molecule has 74 valence electrons. The zero-order valence-electron chi connectivity index (χ0n) is 7.18. The molecule has 0 saturated carbocycles. The van der Waals surface area contributed by atoms with Crippen molar-refractivity contribution in [3.8, 4) is 11.3 Å². The number of rotatable bonds is 1. The first-order valence-electron chi connectivity index (χ1n) is 3.79. The highest BCUT2D eigenvalue weighted by Crippen LogP contribution is 2.17. The Morgan fingerprint density at radius 2 is 1.86 bits per heavy atom. The fraction of sp³-hybridized carbons (Fsp3) is 0. The highest BCUT2D eigenvalue weighted by atomic mass is 35.5. The molecule has 0 unspecified atom stereocenters. The molecule has 0 fully saturated rings. The van der Waals surface area contributed by atoms with Crippen molar-refractivity contribution in [2.24, 2.45) is 0 Å². The average Bonchev–Trinajstić information content (AvgIpc) is 2.49. The maximum Gasteiger partial charge on any atom is 0.216 e. The minimum atomic E-state index is 0. The molecule has 0 aliphatic heterocycles. The summed E-state index contributed by atoms with van der Waals surface area (Å²) in [6.45, 7) is 0. The summed E-state index contributed by atoms with van der Waals surface area (Å²) in [6.07, 6.45) is 0. The molecule has 14 heavy (non-hydrogen) atoms. The predicted octanol–water partition coefficient (Wildman–Crippen LogP) is 2.36. The fourth-order valence-electron chi connectivity index (χ4n) is 1.12. The van der Waals surface area contributed by atoms with E-state index < -0.39 is 0 Å². The molecule has 2 N–H and O–H groups in total. The Morgan fingerprint density at radius 3 is 2.36 bits per heavy atom. The number of nitrogens with zero attached hydrogens (tertiary/aromatic N) is 1. The molecular weight excluding hydrogens is 220 g/mol. The summed E-state index contributed by atoms with van der Waals surface area (Å²) in [7, 11) is 0. The maximum atomic E-state index is 9.43. The third-order valence-corrected chi connectivity index (χ3v) is 2.51. The summed E-state index contributed by atoms with van der Waals surface area (Å²) in [4.78, 5) is 0.138. The second-order valence-electron chi connectivity index (χ2n) is 2.60. The number of hydrogen-bond donors (Lipinski definition) is 2. The van der Waals surface area contributed by atoms with E-state index in [1.807, 2.05) is 30.3 Å². The van der Waals surface area contributed by atoms with Gasteiger partial charge in [0, 0.05) is 10.9 Å². The second kappa shape index (κ2) is 4.30. The van der Waals surface area contributed by atoms with Gasteiger partial charge in [0.25, 0.3) is 0 Å². The van der Waals surface area contributed by atoms with Gasteiger partial charge < -0.3 is 5.21 Å². The molecule has 1 heterocycles. The lowest BCUT2D eigenvalue weighted by molar-refractivity contribution is 0.181. The zero-order valence-corrected chi connectivity index (χ0v) is 8.81. The summed E-state index contributed by atoms with van der Waals surface area (Å²) >= 11 is 1.21. The minimum Gasteiger partial charge on any atom is -0.426 e. The summed E-state index contributed by atoms with van der Waals surface area (Å²) in [6, 6.07) is 9.51. The van der Waals surface area contributed by atoms with Crippen LogP contribution in [0.4, 0.5) is 0 Å². The monoisotopic (exact) mass is 228 g/mol. The van der Waals surface area contributed by atoms with Crippen molar-refractivity contribution < 1.29 is 5.21 Å². The normalized spacial score (nSPS) is 9.43. The van der Waals surface area contributed by atoms with Crippen LogP contribution >= 0.6 is 23.7 Å². The largest absolute Gasteiger partial charge is 0.426 e. The first-order chi connectivity index (χ1) is 6.29. The van der Waals surface area contributed by atoms with Gasteiger partial charge in [-0.1, -0.05) is 30.3 Å². The zero-order chi connectivity index (χ0) is 9.26. The van der Waals surface area contributed by atoms with Crippen molar-refractivity contribution in [1.82, 2.24) is 4.73 Å². The Balaban J connectivity index is 0.000000980. The van der Waals surface area contributed by atoms with E-state index in [1.165, 1.54) is 11.3 Å². The molecule has 0 atom stereocenters. The predicted molar refractivity (Wildman–Crippen MR) is 58.0 cm³/mol. The maximum absolute atomic E-state index is 9.43. The van der Waals surface area contributed by atoms with Gasteiger partial charge in [0.05, 0.1) is 0 Å². The van der Waals surface area contributed by atoms with Crippen LogP contribution in [0.25, 0.3) is 11.3 Å². The quantitative estimate of drug-likeness (QED) is 0.724. The van der Waals surface area contributed by atoms with Gasteiger partial charge in [-0.05, 0) is 0 Å². The van der Waals surface area contributed by atoms with Crippen molar-refractivity contribution in [3.63, 3.8) is 0 Å². The smallest absolute Gasteiger partial charge is 0.216 e. The van der Waals surface area contributed by atoms with Crippen molar-refractivity contribution in [2.45, 2.75) is 0 Å². The molecule has 1 aromatic carbocycles. The Bertz CT molecular complexity index is 463. The number of hydrogen-bond acceptors (Lipinski definition) is 3. The Hall–Kier alpha value is -1.26. The van der Waals surface area contributed by atoms with E-state index in [0.717, 1.165) is 10.3 Å². The number of nitrogens with one attached hydrogen (secondary N) is 1. The molecule has 0 saturated heterocycles. The number of thiazole rings is 1. The van der Waals surface area contributed by atoms with Gasteiger partial charge in [-0.25, -0.2) is 0 Å². The summed E-state index contributed by atoms with van der Waals surface area (Å²) in [5, 5.41) is 18.5. The van der Waals surface area contributed by atoms with Crippen molar-refractivity contribution in [2.75, 3.05) is 0 Å². The van der Waals surface area contributed by atoms with Crippen LogP contribution in [0.1, 0.15) is 0 Å². The minimum absolute atomic E-state index is 0. The Labute approximate surface area is 91.1 Å². The lowest BCUT2D eigenvalue weighted by atomic mass is 10.2. The van der Waals surface area contributed by atoms with Crippen LogP contribution in [0, 0.1) is 5.41 Å². The highest BCUT2D eigenvalue weighted by molar-refractivity contribution is 7.07. The molecule has 5 heteroatoms. The van der Waals surface area contributed by atoms with Crippen LogP contribution in [0.15, 0.2) is 35.7 Å². The van der Waals surface area contributed by atoms with Crippen LogP contribution in [-0.2, 0) is 0 Å². The SMILES string of the molecule is Cl.N=c1scc(-c2ccccc2)n1O. The number of aromatic nitrogens is 1. The molecule has 2 aromatic rings. The molecule has 0 spiro atoms. The van der Waals surface area contributed by atoms with Crippen LogP contribution < -0.4 is 4.80 Å². The molecule has 0 amide bonds. The number of halogens is 1. The van der Waals surface area contributed by atoms with Gasteiger partial charge in [0.15, 0.2) is 0 Å². The van der Waals surface area contributed by atoms with Crippen LogP contribution in [0.3, 0.4) is 0 Å². The highest BCUT2D eigenvalue weighted by Gasteiger charge is 2.03. The lowest BCUT2D eigenvalue weighted by Crippen LogP contribution is -2.10. The average molecular weight is 229 g/mol. The third kappa shape index (κ3) is 1.81. The van der Waals surface area contributed by atoms with Gasteiger partial charge >= 0.3 is 0 Å². The summed E-state index contributed by atoms with van der Waals surface area (Å²) in [5.74, 6) is 0. The van der Waals surface area contributed by atoms with Gasteiger partial charge in [0.1, 0.15) is 5.69 Å². The van der Waals surface area contributed by atoms with E-state index >= 15 is 0 Å². The van der Waals surface area contributed by atoms with E-state index in [9.17, 15) is 5.21 Å². The first-order valence-corrected chi connectivity index (χ1v) is 4.67. The van der Waals surface area contributed by atoms with E-state index in [-0.39, 0.29) is 17.2 Å². The van der Waals surface area contributed by atoms with Crippen molar-refractivity contribution >= 4 is 23.7 Å². The van der Waals surface area contributed by atoms with Gasteiger partial charge in [0.2, 0.25) is 4.80 Å². The lowest BCUT2D eigenvalue weighted by Gasteiger charge is -1.99. The van der Waals surface area contributed by atoms with Gasteiger partial charge in [-0.15, -0.1) is 23.7 Å². The summed E-state index contributed by atoms with van der Waals surface area (Å²) in [5.41, 5.74) is 1.58. The molecule has 3 nitrogen and oxygen atoms in total.